The van der Waals surface area contributed by atoms with Crippen LogP contribution in [0.2, 0.25) is 0 Å². The highest BCUT2D eigenvalue weighted by Gasteiger charge is 2.23. The zero-order valence-corrected chi connectivity index (χ0v) is 13.5. The predicted octanol–water partition coefficient (Wildman–Crippen LogP) is 2.47. The lowest BCUT2D eigenvalue weighted by Crippen LogP contribution is -2.46. The minimum Gasteiger partial charge on any atom is -0.349 e. The minimum absolute atomic E-state index is 0.0865. The van der Waals surface area contributed by atoms with Crippen molar-refractivity contribution in [3.8, 4) is 6.07 Å². The maximum atomic E-state index is 12.2. The number of rotatable bonds is 5. The van der Waals surface area contributed by atoms with Crippen LogP contribution in [0.25, 0.3) is 0 Å². The number of likely N-dealkylation sites (tertiary alicyclic amines) is 1. The molecular formula is C18H23N3O2. The van der Waals surface area contributed by atoms with Crippen molar-refractivity contribution >= 4 is 11.8 Å². The van der Waals surface area contributed by atoms with Crippen molar-refractivity contribution < 1.29 is 9.59 Å². The highest BCUT2D eigenvalue weighted by molar-refractivity contribution is 5.94. The fraction of sp³-hybridized carbons (Fsp3) is 0.500. The van der Waals surface area contributed by atoms with E-state index in [1.165, 1.54) is 0 Å². The highest BCUT2D eigenvalue weighted by Crippen LogP contribution is 2.14. The zero-order valence-electron chi connectivity index (χ0n) is 13.5. The Kier molecular flexibility index (Phi) is 6.16. The van der Waals surface area contributed by atoms with Gasteiger partial charge in [0.2, 0.25) is 5.91 Å². The maximum absolute atomic E-state index is 12.2. The average Bonchev–Trinajstić information content (AvgIpc) is 2.60. The van der Waals surface area contributed by atoms with Crippen LogP contribution in [0.3, 0.4) is 0 Å². The van der Waals surface area contributed by atoms with E-state index in [2.05, 4.69) is 12.2 Å². The number of carbonyl (C=O) groups excluding carboxylic acids is 2. The number of hydrogen-bond acceptors (Lipinski definition) is 3. The number of hydrogen-bond donors (Lipinski definition) is 1. The Balaban J connectivity index is 1.83. The summed E-state index contributed by atoms with van der Waals surface area (Å²) in [5.41, 5.74) is 0.986. The summed E-state index contributed by atoms with van der Waals surface area (Å²) in [6.45, 7) is 3.48. The summed E-state index contributed by atoms with van der Waals surface area (Å²) in [5, 5.41) is 11.9. The topological polar surface area (TPSA) is 73.2 Å². The quantitative estimate of drug-likeness (QED) is 0.907. The first-order valence-corrected chi connectivity index (χ1v) is 8.23. The van der Waals surface area contributed by atoms with Crippen LogP contribution in [0.1, 0.15) is 54.9 Å². The predicted molar refractivity (Wildman–Crippen MR) is 87.8 cm³/mol. The van der Waals surface area contributed by atoms with Crippen LogP contribution in [-0.4, -0.2) is 35.8 Å². The molecule has 2 rings (SSSR count). The first-order valence-electron chi connectivity index (χ1n) is 8.23. The van der Waals surface area contributed by atoms with E-state index in [-0.39, 0.29) is 17.9 Å². The molecule has 1 aliphatic rings. The van der Waals surface area contributed by atoms with Gasteiger partial charge in [-0.1, -0.05) is 19.4 Å². The Hall–Kier alpha value is -2.35. The summed E-state index contributed by atoms with van der Waals surface area (Å²) in [5.74, 6) is 0.0659. The largest absolute Gasteiger partial charge is 0.349 e. The van der Waals surface area contributed by atoms with Crippen molar-refractivity contribution in [2.24, 2.45) is 0 Å². The van der Waals surface area contributed by atoms with Gasteiger partial charge in [-0.3, -0.25) is 9.59 Å². The summed E-state index contributed by atoms with van der Waals surface area (Å²) >= 11 is 0. The lowest BCUT2D eigenvalue weighted by Gasteiger charge is -2.32. The lowest BCUT2D eigenvalue weighted by molar-refractivity contribution is -0.132. The van der Waals surface area contributed by atoms with Crippen molar-refractivity contribution in [1.29, 1.82) is 5.26 Å². The number of carbonyl (C=O) groups is 2. The fourth-order valence-corrected chi connectivity index (χ4v) is 2.76. The van der Waals surface area contributed by atoms with E-state index >= 15 is 0 Å². The number of unbranched alkanes of at least 4 members (excludes halogenated alkanes) is 1. The molecule has 0 saturated carbocycles. The first kappa shape index (κ1) is 17.0. The van der Waals surface area contributed by atoms with Gasteiger partial charge in [-0.15, -0.1) is 0 Å². The molecule has 1 aromatic rings. The van der Waals surface area contributed by atoms with Crippen LogP contribution >= 0.6 is 0 Å². The van der Waals surface area contributed by atoms with Crippen LogP contribution in [0, 0.1) is 11.3 Å². The average molecular weight is 313 g/mol. The molecule has 0 unspecified atom stereocenters. The molecule has 0 atom stereocenters. The van der Waals surface area contributed by atoms with Crippen molar-refractivity contribution in [2.75, 3.05) is 13.1 Å². The molecule has 1 aliphatic heterocycles. The van der Waals surface area contributed by atoms with Gasteiger partial charge in [0, 0.05) is 31.1 Å². The Morgan fingerprint density at radius 3 is 2.74 bits per heavy atom. The third-order valence-corrected chi connectivity index (χ3v) is 4.18. The molecule has 0 spiro atoms. The Labute approximate surface area is 137 Å². The SMILES string of the molecule is CCCCC(=O)N1CCC(NC(=O)c2cccc(C#N)c2)CC1. The molecule has 0 aliphatic carbocycles. The van der Waals surface area contributed by atoms with Crippen molar-refractivity contribution in [1.82, 2.24) is 10.2 Å². The van der Waals surface area contributed by atoms with Crippen LogP contribution in [0.5, 0.6) is 0 Å². The summed E-state index contributed by atoms with van der Waals surface area (Å²) in [4.78, 5) is 26.1. The van der Waals surface area contributed by atoms with Crippen LogP contribution < -0.4 is 5.32 Å². The molecule has 1 fully saturated rings. The van der Waals surface area contributed by atoms with Gasteiger partial charge in [-0.25, -0.2) is 0 Å². The normalized spacial score (nSPS) is 15.0. The molecule has 122 valence electrons. The molecule has 2 amide bonds. The number of nitrogens with zero attached hydrogens (tertiary/aromatic N) is 2. The van der Waals surface area contributed by atoms with Crippen molar-refractivity contribution in [3.05, 3.63) is 35.4 Å². The molecule has 1 N–H and O–H groups in total. The number of benzene rings is 1. The van der Waals surface area contributed by atoms with E-state index in [4.69, 9.17) is 5.26 Å². The van der Waals surface area contributed by atoms with E-state index in [9.17, 15) is 9.59 Å². The second kappa shape index (κ2) is 8.33. The summed E-state index contributed by atoms with van der Waals surface area (Å²) < 4.78 is 0. The minimum atomic E-state index is -0.155. The fourth-order valence-electron chi connectivity index (χ4n) is 2.76. The standard InChI is InChI=1S/C18H23N3O2/c1-2-3-7-17(22)21-10-8-16(9-11-21)20-18(23)15-6-4-5-14(12-15)13-19/h4-6,12,16H,2-3,7-11H2,1H3,(H,20,23). The molecule has 5 heteroatoms. The smallest absolute Gasteiger partial charge is 0.251 e. The lowest BCUT2D eigenvalue weighted by atomic mass is 10.0. The third-order valence-electron chi connectivity index (χ3n) is 4.18. The molecule has 1 saturated heterocycles. The van der Waals surface area contributed by atoms with Gasteiger partial charge in [0.15, 0.2) is 0 Å². The van der Waals surface area contributed by atoms with Gasteiger partial charge in [0.05, 0.1) is 11.6 Å². The molecule has 5 nitrogen and oxygen atoms in total. The number of amides is 2. The molecular weight excluding hydrogens is 290 g/mol. The van der Waals surface area contributed by atoms with Crippen molar-refractivity contribution in [2.45, 2.75) is 45.1 Å². The molecule has 23 heavy (non-hydrogen) atoms. The second-order valence-electron chi connectivity index (χ2n) is 5.92. The van der Waals surface area contributed by atoms with Gasteiger partial charge < -0.3 is 10.2 Å². The molecule has 0 radical (unpaired) electrons. The number of nitriles is 1. The number of nitrogens with one attached hydrogen (secondary N) is 1. The van der Waals surface area contributed by atoms with Crippen molar-refractivity contribution in [3.63, 3.8) is 0 Å². The van der Waals surface area contributed by atoms with Crippen LogP contribution in [0.15, 0.2) is 24.3 Å². The van der Waals surface area contributed by atoms with Gasteiger partial charge in [-0.05, 0) is 37.5 Å². The second-order valence-corrected chi connectivity index (χ2v) is 5.92. The molecule has 0 aromatic heterocycles. The Morgan fingerprint density at radius 1 is 1.35 bits per heavy atom. The maximum Gasteiger partial charge on any atom is 0.251 e. The zero-order chi connectivity index (χ0) is 16.7. The van der Waals surface area contributed by atoms with E-state index in [0.717, 1.165) is 25.7 Å². The third kappa shape index (κ3) is 4.82. The van der Waals surface area contributed by atoms with Gasteiger partial charge >= 0.3 is 0 Å². The van der Waals surface area contributed by atoms with E-state index in [1.54, 1.807) is 24.3 Å². The summed E-state index contributed by atoms with van der Waals surface area (Å²) in [7, 11) is 0. The number of piperidine rings is 1. The van der Waals surface area contributed by atoms with E-state index in [1.807, 2.05) is 11.0 Å². The highest BCUT2D eigenvalue weighted by atomic mass is 16.2. The molecule has 1 aromatic carbocycles. The first-order chi connectivity index (χ1) is 11.1. The van der Waals surface area contributed by atoms with Gasteiger partial charge in [0.1, 0.15) is 0 Å². The van der Waals surface area contributed by atoms with Crippen LogP contribution in [-0.2, 0) is 4.79 Å². The summed E-state index contributed by atoms with van der Waals surface area (Å²) in [6.07, 6.45) is 4.14. The van der Waals surface area contributed by atoms with Crippen LogP contribution in [0.4, 0.5) is 0 Å². The Bertz CT molecular complexity index is 599. The van der Waals surface area contributed by atoms with Gasteiger partial charge in [0.25, 0.3) is 5.91 Å². The van der Waals surface area contributed by atoms with Gasteiger partial charge in [-0.2, -0.15) is 5.26 Å². The van der Waals surface area contributed by atoms with E-state index < -0.39 is 0 Å². The molecule has 1 heterocycles. The summed E-state index contributed by atoms with van der Waals surface area (Å²) in [6, 6.07) is 8.82. The van der Waals surface area contributed by atoms with E-state index in [0.29, 0.717) is 30.6 Å². The molecule has 0 bridgehead atoms. The Morgan fingerprint density at radius 2 is 2.09 bits per heavy atom. The monoisotopic (exact) mass is 313 g/mol.